The van der Waals surface area contributed by atoms with E-state index in [1.807, 2.05) is 24.3 Å². The van der Waals surface area contributed by atoms with Gasteiger partial charge in [0.25, 0.3) is 0 Å². The molecule has 0 atom stereocenters. The number of para-hydroxylation sites is 1. The molecule has 20 heavy (non-hydrogen) atoms. The highest BCUT2D eigenvalue weighted by Crippen LogP contribution is 2.18. The fourth-order valence-corrected chi connectivity index (χ4v) is 3.38. The average molecular weight is 310 g/mol. The van der Waals surface area contributed by atoms with Gasteiger partial charge in [-0.1, -0.05) is 24.4 Å². The fourth-order valence-electron chi connectivity index (χ4n) is 2.29. The first-order valence-corrected chi connectivity index (χ1v) is 8.65. The summed E-state index contributed by atoms with van der Waals surface area (Å²) in [6, 6.07) is 7.71. The smallest absolute Gasteiger partial charge is 0.129 e. The molecule has 1 aliphatic heterocycles. The molecule has 0 bridgehead atoms. The van der Waals surface area contributed by atoms with Crippen LogP contribution in [0.2, 0.25) is 0 Å². The zero-order valence-corrected chi connectivity index (χ0v) is 13.3. The molecule has 2 rings (SSSR count). The summed E-state index contributed by atoms with van der Waals surface area (Å²) in [6.45, 7) is 4.24. The molecule has 1 saturated heterocycles. The molecule has 3 nitrogen and oxygen atoms in total. The molecule has 1 aliphatic rings. The Balaban J connectivity index is 1.74. The van der Waals surface area contributed by atoms with Gasteiger partial charge in [0.05, 0.1) is 12.2 Å². The molecule has 0 unspecified atom stereocenters. The van der Waals surface area contributed by atoms with E-state index < -0.39 is 0 Å². The Morgan fingerprint density at radius 3 is 3.00 bits per heavy atom. The second-order valence-electron chi connectivity index (χ2n) is 4.87. The van der Waals surface area contributed by atoms with Gasteiger partial charge in [-0.25, -0.2) is 0 Å². The Kier molecular flexibility index (Phi) is 6.63. The lowest BCUT2D eigenvalue weighted by Crippen LogP contribution is -2.28. The Hall–Kier alpha value is -0.780. The van der Waals surface area contributed by atoms with Crippen LogP contribution in [-0.2, 0) is 0 Å². The van der Waals surface area contributed by atoms with E-state index in [2.05, 4.69) is 16.7 Å². The van der Waals surface area contributed by atoms with Gasteiger partial charge in [0, 0.05) is 18.8 Å². The van der Waals surface area contributed by atoms with Crippen molar-refractivity contribution in [2.45, 2.75) is 12.8 Å². The molecule has 0 amide bonds. The van der Waals surface area contributed by atoms with Crippen LogP contribution in [0.5, 0.6) is 5.75 Å². The van der Waals surface area contributed by atoms with Crippen LogP contribution in [0.3, 0.4) is 0 Å². The summed E-state index contributed by atoms with van der Waals surface area (Å²) in [5.74, 6) is 3.35. The highest BCUT2D eigenvalue weighted by atomic mass is 32.2. The lowest BCUT2D eigenvalue weighted by atomic mass is 10.2. The van der Waals surface area contributed by atoms with Crippen molar-refractivity contribution in [3.05, 3.63) is 29.8 Å². The molecule has 5 heteroatoms. The molecule has 1 aromatic rings. The van der Waals surface area contributed by atoms with Crippen molar-refractivity contribution in [2.24, 2.45) is 5.73 Å². The normalized spacial score (nSPS) is 16.6. The molecule has 0 spiro atoms. The van der Waals surface area contributed by atoms with Gasteiger partial charge >= 0.3 is 0 Å². The third kappa shape index (κ3) is 4.96. The summed E-state index contributed by atoms with van der Waals surface area (Å²) in [5.41, 5.74) is 6.52. The SMILES string of the molecule is NC(=S)c1ccccc1OCCCN1CCCSCC1. The van der Waals surface area contributed by atoms with E-state index >= 15 is 0 Å². The van der Waals surface area contributed by atoms with Gasteiger partial charge < -0.3 is 15.4 Å². The van der Waals surface area contributed by atoms with Gasteiger partial charge in [0.2, 0.25) is 0 Å². The second kappa shape index (κ2) is 8.49. The number of benzene rings is 1. The number of ether oxygens (including phenoxy) is 1. The quantitative estimate of drug-likeness (QED) is 0.646. The van der Waals surface area contributed by atoms with Crippen LogP contribution in [0, 0.1) is 0 Å². The molecule has 1 aromatic carbocycles. The van der Waals surface area contributed by atoms with Crippen LogP contribution in [0.4, 0.5) is 0 Å². The lowest BCUT2D eigenvalue weighted by Gasteiger charge is -2.19. The monoisotopic (exact) mass is 310 g/mol. The minimum absolute atomic E-state index is 0.394. The fraction of sp³-hybridized carbons (Fsp3) is 0.533. The highest BCUT2D eigenvalue weighted by Gasteiger charge is 2.09. The third-order valence-electron chi connectivity index (χ3n) is 3.34. The maximum atomic E-state index is 5.82. The molecule has 0 radical (unpaired) electrons. The standard InChI is InChI=1S/C15H22N2OS2/c16-15(19)13-5-1-2-6-14(13)18-10-3-7-17-8-4-11-20-12-9-17/h1-2,5-6H,3-4,7-12H2,(H2,16,19). The first-order chi connectivity index (χ1) is 9.77. The average Bonchev–Trinajstić information content (AvgIpc) is 2.72. The molecule has 110 valence electrons. The van der Waals surface area contributed by atoms with Crippen molar-refractivity contribution in [1.29, 1.82) is 0 Å². The Bertz CT molecular complexity index is 432. The first-order valence-electron chi connectivity index (χ1n) is 7.09. The molecule has 1 fully saturated rings. The predicted octanol–water partition coefficient (Wildman–Crippen LogP) is 2.53. The summed E-state index contributed by atoms with van der Waals surface area (Å²) in [7, 11) is 0. The zero-order valence-electron chi connectivity index (χ0n) is 11.7. The zero-order chi connectivity index (χ0) is 14.2. The topological polar surface area (TPSA) is 38.5 Å². The second-order valence-corrected chi connectivity index (χ2v) is 6.53. The van der Waals surface area contributed by atoms with Gasteiger partial charge in [0.1, 0.15) is 10.7 Å². The van der Waals surface area contributed by atoms with Crippen molar-refractivity contribution in [2.75, 3.05) is 37.7 Å². The van der Waals surface area contributed by atoms with Crippen molar-refractivity contribution in [3.63, 3.8) is 0 Å². The van der Waals surface area contributed by atoms with Crippen LogP contribution in [0.1, 0.15) is 18.4 Å². The molecular weight excluding hydrogens is 288 g/mol. The summed E-state index contributed by atoms with van der Waals surface area (Å²) in [4.78, 5) is 2.92. The van der Waals surface area contributed by atoms with Crippen LogP contribution in [0.25, 0.3) is 0 Å². The van der Waals surface area contributed by atoms with Crippen molar-refractivity contribution in [1.82, 2.24) is 4.90 Å². The van der Waals surface area contributed by atoms with Gasteiger partial charge in [-0.2, -0.15) is 11.8 Å². The van der Waals surface area contributed by atoms with Gasteiger partial charge in [-0.05, 0) is 37.3 Å². The van der Waals surface area contributed by atoms with Crippen LogP contribution < -0.4 is 10.5 Å². The van der Waals surface area contributed by atoms with Crippen LogP contribution in [0.15, 0.2) is 24.3 Å². The minimum atomic E-state index is 0.394. The molecule has 1 heterocycles. The van der Waals surface area contributed by atoms with E-state index in [4.69, 9.17) is 22.7 Å². The highest BCUT2D eigenvalue weighted by molar-refractivity contribution is 7.99. The maximum absolute atomic E-state index is 5.82. The number of nitrogens with zero attached hydrogens (tertiary/aromatic N) is 1. The van der Waals surface area contributed by atoms with E-state index in [1.54, 1.807) is 0 Å². The van der Waals surface area contributed by atoms with Gasteiger partial charge in [-0.15, -0.1) is 0 Å². The summed E-state index contributed by atoms with van der Waals surface area (Å²) in [6.07, 6.45) is 2.34. The maximum Gasteiger partial charge on any atom is 0.129 e. The van der Waals surface area contributed by atoms with Crippen LogP contribution >= 0.6 is 24.0 Å². The minimum Gasteiger partial charge on any atom is -0.493 e. The Morgan fingerprint density at radius 2 is 2.15 bits per heavy atom. The van der Waals surface area contributed by atoms with Gasteiger partial charge in [-0.3, -0.25) is 0 Å². The molecular formula is C15H22N2OS2. The van der Waals surface area contributed by atoms with Crippen molar-refractivity contribution < 1.29 is 4.74 Å². The van der Waals surface area contributed by atoms with E-state index in [0.717, 1.165) is 24.3 Å². The Labute approximate surface area is 130 Å². The largest absolute Gasteiger partial charge is 0.493 e. The summed E-state index contributed by atoms with van der Waals surface area (Å²) < 4.78 is 5.82. The van der Waals surface area contributed by atoms with E-state index in [0.29, 0.717) is 11.6 Å². The molecule has 0 aliphatic carbocycles. The molecule has 2 N–H and O–H groups in total. The lowest BCUT2D eigenvalue weighted by molar-refractivity contribution is 0.245. The third-order valence-corrected chi connectivity index (χ3v) is 4.61. The number of hydrogen-bond donors (Lipinski definition) is 1. The molecule has 0 saturated carbocycles. The number of thiocarbonyl (C=S) groups is 1. The predicted molar refractivity (Wildman–Crippen MR) is 90.8 cm³/mol. The number of nitrogens with two attached hydrogens (primary N) is 1. The van der Waals surface area contributed by atoms with E-state index in [1.165, 1.54) is 31.0 Å². The van der Waals surface area contributed by atoms with Crippen molar-refractivity contribution >= 4 is 29.0 Å². The summed E-state index contributed by atoms with van der Waals surface area (Å²) >= 11 is 7.09. The van der Waals surface area contributed by atoms with Crippen LogP contribution in [-0.4, -0.2) is 47.6 Å². The van der Waals surface area contributed by atoms with Crippen molar-refractivity contribution in [3.8, 4) is 5.75 Å². The van der Waals surface area contributed by atoms with E-state index in [-0.39, 0.29) is 0 Å². The van der Waals surface area contributed by atoms with Gasteiger partial charge in [0.15, 0.2) is 0 Å². The summed E-state index contributed by atoms with van der Waals surface area (Å²) in [5, 5.41) is 0. The Morgan fingerprint density at radius 1 is 1.30 bits per heavy atom. The molecule has 0 aromatic heterocycles. The number of rotatable bonds is 6. The van der Waals surface area contributed by atoms with E-state index in [9.17, 15) is 0 Å². The first kappa shape index (κ1) is 15.6. The number of thioether (sulfide) groups is 1. The number of hydrogen-bond acceptors (Lipinski definition) is 4.